The molecule has 1 aliphatic rings. The van der Waals surface area contributed by atoms with Crippen molar-refractivity contribution in [3.8, 4) is 0 Å². The number of hydrogen-bond donors (Lipinski definition) is 2. The van der Waals surface area contributed by atoms with Gasteiger partial charge in [0.25, 0.3) is 20.2 Å². The summed E-state index contributed by atoms with van der Waals surface area (Å²) in [6, 6.07) is 7.85. The summed E-state index contributed by atoms with van der Waals surface area (Å²) in [5, 5.41) is 0. The number of aromatic nitrogens is 1. The van der Waals surface area contributed by atoms with E-state index in [0.29, 0.717) is 6.54 Å². The van der Waals surface area contributed by atoms with Crippen molar-refractivity contribution in [2.45, 2.75) is 44.0 Å². The molecule has 31 heavy (non-hydrogen) atoms. The number of fused-ring (bicyclic) bond motifs is 1. The third-order valence-electron chi connectivity index (χ3n) is 5.43. The lowest BCUT2D eigenvalue weighted by Crippen LogP contribution is -2.36. The fourth-order valence-electron chi connectivity index (χ4n) is 3.36. The molecule has 0 saturated heterocycles. The molecule has 0 unspecified atom stereocenters. The molecule has 0 bridgehead atoms. The van der Waals surface area contributed by atoms with Gasteiger partial charge in [-0.1, -0.05) is 24.3 Å². The molecule has 3 rings (SSSR count). The van der Waals surface area contributed by atoms with Crippen LogP contribution in [0, 0.1) is 0 Å². The molecule has 2 heterocycles. The van der Waals surface area contributed by atoms with Crippen molar-refractivity contribution in [2.75, 3.05) is 5.75 Å². The first-order valence-corrected chi connectivity index (χ1v) is 12.7. The second-order valence-corrected chi connectivity index (χ2v) is 11.0. The van der Waals surface area contributed by atoms with Gasteiger partial charge in [-0.2, -0.15) is 16.8 Å². The second kappa shape index (κ2) is 8.27. The lowest BCUT2D eigenvalue weighted by atomic mass is 9.82. The summed E-state index contributed by atoms with van der Waals surface area (Å²) in [7, 11) is -8.27. The van der Waals surface area contributed by atoms with Gasteiger partial charge in [0.2, 0.25) is 0 Å². The predicted octanol–water partition coefficient (Wildman–Crippen LogP) is 3.05. The maximum Gasteiger partial charge on any atom is 0.327 e. The van der Waals surface area contributed by atoms with Crippen LogP contribution >= 0.6 is 0 Å². The Morgan fingerprint density at radius 1 is 1.03 bits per heavy atom. The van der Waals surface area contributed by atoms with Gasteiger partial charge in [-0.25, -0.2) is 4.57 Å². The van der Waals surface area contributed by atoms with Gasteiger partial charge < -0.3 is 0 Å². The van der Waals surface area contributed by atoms with E-state index in [1.54, 1.807) is 12.1 Å². The Balaban J connectivity index is 1.93. The van der Waals surface area contributed by atoms with Crippen molar-refractivity contribution in [1.29, 1.82) is 0 Å². The third-order valence-corrected chi connectivity index (χ3v) is 7.10. The Labute approximate surface area is 182 Å². The maximum absolute atomic E-state index is 11.2. The van der Waals surface area contributed by atoms with E-state index in [1.807, 2.05) is 35.9 Å². The van der Waals surface area contributed by atoms with Gasteiger partial charge in [-0.05, 0) is 49.5 Å². The fraction of sp³-hybridized carbons (Fsp3) is 0.333. The normalized spacial score (nSPS) is 15.8. The summed E-state index contributed by atoms with van der Waals surface area (Å²) < 4.78 is 64.5. The third kappa shape index (κ3) is 5.45. The molecule has 0 fully saturated rings. The first-order valence-electron chi connectivity index (χ1n) is 9.62. The van der Waals surface area contributed by atoms with E-state index in [4.69, 9.17) is 9.11 Å². The smallest absolute Gasteiger partial charge is 0.286 e. The van der Waals surface area contributed by atoms with Crippen molar-refractivity contribution < 1.29 is 30.5 Å². The summed E-state index contributed by atoms with van der Waals surface area (Å²) in [4.78, 5) is 4.50. The minimum Gasteiger partial charge on any atom is -0.286 e. The van der Waals surface area contributed by atoms with E-state index in [1.165, 1.54) is 12.1 Å². The van der Waals surface area contributed by atoms with Crippen molar-refractivity contribution >= 4 is 43.9 Å². The maximum atomic E-state index is 11.2. The Hall–Kier alpha value is -2.40. The van der Waals surface area contributed by atoms with Crippen molar-refractivity contribution in [3.63, 3.8) is 0 Å². The van der Waals surface area contributed by atoms with Crippen LogP contribution in [0.3, 0.4) is 0 Å². The highest BCUT2D eigenvalue weighted by atomic mass is 32.2. The summed E-state index contributed by atoms with van der Waals surface area (Å²) in [5.74, 6) is 0.439. The van der Waals surface area contributed by atoms with Crippen LogP contribution in [-0.2, 0) is 32.2 Å². The van der Waals surface area contributed by atoms with Gasteiger partial charge in [0.1, 0.15) is 5.71 Å². The van der Waals surface area contributed by atoms with Gasteiger partial charge in [0.15, 0.2) is 0 Å². The first kappa shape index (κ1) is 23.3. The zero-order chi connectivity index (χ0) is 23.0. The van der Waals surface area contributed by atoms with Gasteiger partial charge in [-0.3, -0.25) is 9.11 Å². The Bertz CT molecular complexity index is 1280. The minimum atomic E-state index is -4.24. The molecule has 1 aromatic carbocycles. The quantitative estimate of drug-likeness (QED) is 0.478. The highest BCUT2D eigenvalue weighted by molar-refractivity contribution is 7.86. The van der Waals surface area contributed by atoms with E-state index in [9.17, 15) is 16.8 Å². The van der Waals surface area contributed by atoms with Gasteiger partial charge in [0, 0.05) is 12.0 Å². The van der Waals surface area contributed by atoms with E-state index >= 15 is 0 Å². The van der Waals surface area contributed by atoms with E-state index in [-0.39, 0.29) is 22.5 Å². The first-order chi connectivity index (χ1) is 14.3. The van der Waals surface area contributed by atoms with Gasteiger partial charge in [0.05, 0.1) is 34.4 Å². The van der Waals surface area contributed by atoms with Gasteiger partial charge in [-0.15, -0.1) is 0 Å². The fourth-order valence-corrected chi connectivity index (χ4v) is 4.34. The number of aryl methyl sites for hydroxylation is 1. The zero-order valence-electron chi connectivity index (χ0n) is 17.5. The molecule has 0 radical (unpaired) electrons. The molecule has 2 aromatic rings. The average molecular weight is 466 g/mol. The van der Waals surface area contributed by atoms with Crippen molar-refractivity contribution in [3.05, 3.63) is 53.2 Å². The largest absolute Gasteiger partial charge is 0.327 e. The molecule has 0 atom stereocenters. The second-order valence-electron chi connectivity index (χ2n) is 8.04. The van der Waals surface area contributed by atoms with Crippen molar-refractivity contribution in [2.24, 2.45) is 4.99 Å². The Morgan fingerprint density at radius 2 is 1.65 bits per heavy atom. The predicted molar refractivity (Wildman–Crippen MR) is 119 cm³/mol. The minimum absolute atomic E-state index is 0.173. The van der Waals surface area contributed by atoms with Gasteiger partial charge >= 0.3 is 5.82 Å². The summed E-state index contributed by atoms with van der Waals surface area (Å²) in [5.41, 5.74) is 3.30. The zero-order valence-corrected chi connectivity index (χ0v) is 19.1. The Morgan fingerprint density at radius 3 is 2.23 bits per heavy atom. The van der Waals surface area contributed by atoms with E-state index in [0.717, 1.165) is 28.2 Å². The van der Waals surface area contributed by atoms with E-state index in [2.05, 4.69) is 18.8 Å². The number of nitrogens with zero attached hydrogens (tertiary/aromatic N) is 2. The molecule has 166 valence electrons. The topological polar surface area (TPSA) is 125 Å². The van der Waals surface area contributed by atoms with Crippen LogP contribution in [0.4, 0.5) is 5.82 Å². The number of rotatable bonds is 7. The van der Waals surface area contributed by atoms with Crippen molar-refractivity contribution in [1.82, 2.24) is 0 Å². The molecule has 0 amide bonds. The molecular formula is C21H25N2O6S2+. The van der Waals surface area contributed by atoms with E-state index < -0.39 is 20.2 Å². The van der Waals surface area contributed by atoms with Crippen LogP contribution in [0.1, 0.15) is 43.9 Å². The van der Waals surface area contributed by atoms with Crippen LogP contribution in [-0.4, -0.2) is 37.4 Å². The van der Waals surface area contributed by atoms with Crippen LogP contribution < -0.4 is 4.57 Å². The highest BCUT2D eigenvalue weighted by Gasteiger charge is 2.41. The lowest BCUT2D eigenvalue weighted by Gasteiger charge is -2.17. The summed E-state index contributed by atoms with van der Waals surface area (Å²) >= 11 is 0. The number of pyridine rings is 1. The SMILES string of the molecule is CC1=Nc2c(cc(/C=C/c3ccc(S(=O)(=O)O)cc3)c[n+]2CCCS(=O)(=O)O)C1(C)C. The molecule has 1 aromatic heterocycles. The average Bonchev–Trinajstić information content (AvgIpc) is 2.88. The standard InChI is InChI=1S/C21H24N2O6S2/c1-15-21(2,3)19-13-17(6-5-16-7-9-18(10-8-16)31(27,28)29)14-23(20(19)22-15)11-4-12-30(24,25)26/h5-10,13-14H,4,11-12H2,1-3H3,(H-,24,25,26,27,28,29)/p+1/b6-5+. The van der Waals surface area contributed by atoms with Crippen LogP contribution in [0.5, 0.6) is 0 Å². The lowest BCUT2D eigenvalue weighted by molar-refractivity contribution is -0.684. The van der Waals surface area contributed by atoms with Crippen LogP contribution in [0.2, 0.25) is 0 Å². The molecule has 8 nitrogen and oxygen atoms in total. The molecule has 0 aliphatic carbocycles. The molecule has 10 heteroatoms. The molecular weight excluding hydrogens is 440 g/mol. The molecule has 0 spiro atoms. The molecule has 2 N–H and O–H groups in total. The molecule has 0 saturated carbocycles. The summed E-state index contributed by atoms with van der Waals surface area (Å²) in [6.07, 6.45) is 5.79. The number of benzene rings is 1. The monoisotopic (exact) mass is 465 g/mol. The Kier molecular flexibility index (Phi) is 6.21. The highest BCUT2D eigenvalue weighted by Crippen LogP contribution is 2.38. The van der Waals surface area contributed by atoms with Crippen LogP contribution in [0.15, 0.2) is 46.4 Å². The number of hydrogen-bond acceptors (Lipinski definition) is 5. The van der Waals surface area contributed by atoms with Crippen LogP contribution in [0.25, 0.3) is 12.2 Å². The summed E-state index contributed by atoms with van der Waals surface area (Å²) in [6.45, 7) is 6.47. The number of aliphatic imine (C=N–C) groups is 1. The molecule has 1 aliphatic heterocycles.